The lowest BCUT2D eigenvalue weighted by Crippen LogP contribution is -2.53. The summed E-state index contributed by atoms with van der Waals surface area (Å²) in [6.07, 6.45) is 3.07. The molecule has 0 aromatic heterocycles. The molecule has 3 N–H and O–H groups in total. The predicted octanol–water partition coefficient (Wildman–Crippen LogP) is 0.752. The smallest absolute Gasteiger partial charge is 0.0784 e. The van der Waals surface area contributed by atoms with Crippen LogP contribution in [0.2, 0.25) is 0 Å². The zero-order chi connectivity index (χ0) is 12.7. The summed E-state index contributed by atoms with van der Waals surface area (Å²) in [6, 6.07) is 0.232. The summed E-state index contributed by atoms with van der Waals surface area (Å²) in [4.78, 5) is 0. The monoisotopic (exact) mass is 244 g/mol. The van der Waals surface area contributed by atoms with Crippen LogP contribution < -0.4 is 10.6 Å². The molecule has 1 fully saturated rings. The van der Waals surface area contributed by atoms with Crippen LogP contribution in [0.4, 0.5) is 0 Å². The average molecular weight is 244 g/mol. The Balaban J connectivity index is 2.24. The van der Waals surface area contributed by atoms with Gasteiger partial charge < -0.3 is 20.5 Å². The second kappa shape index (κ2) is 7.31. The van der Waals surface area contributed by atoms with Gasteiger partial charge >= 0.3 is 0 Å². The molecule has 3 atom stereocenters. The van der Waals surface area contributed by atoms with E-state index in [0.717, 1.165) is 39.1 Å². The molecule has 0 aromatic rings. The lowest BCUT2D eigenvalue weighted by molar-refractivity contribution is -0.00402. The van der Waals surface area contributed by atoms with Crippen molar-refractivity contribution in [2.24, 2.45) is 5.92 Å². The van der Waals surface area contributed by atoms with Gasteiger partial charge in [0.05, 0.1) is 12.2 Å². The molecule has 1 rings (SSSR count). The van der Waals surface area contributed by atoms with Gasteiger partial charge in [-0.05, 0) is 45.2 Å². The van der Waals surface area contributed by atoms with Crippen LogP contribution in [0.3, 0.4) is 0 Å². The van der Waals surface area contributed by atoms with Crippen LogP contribution in [0, 0.1) is 5.92 Å². The Kier molecular flexibility index (Phi) is 6.41. The molecule has 0 aromatic carbocycles. The maximum Gasteiger partial charge on any atom is 0.0784 e. The largest absolute Gasteiger partial charge is 0.389 e. The van der Waals surface area contributed by atoms with E-state index in [9.17, 15) is 5.11 Å². The van der Waals surface area contributed by atoms with Crippen molar-refractivity contribution in [3.63, 3.8) is 0 Å². The number of methoxy groups -OCH3 is 1. The molecule has 0 radical (unpaired) electrons. The van der Waals surface area contributed by atoms with E-state index >= 15 is 0 Å². The van der Waals surface area contributed by atoms with Crippen LogP contribution in [-0.4, -0.2) is 50.1 Å². The fourth-order valence-corrected chi connectivity index (χ4v) is 2.40. The van der Waals surface area contributed by atoms with Gasteiger partial charge in [0.1, 0.15) is 0 Å². The number of ether oxygens (including phenoxy) is 1. The Morgan fingerprint density at radius 3 is 2.88 bits per heavy atom. The van der Waals surface area contributed by atoms with E-state index < -0.39 is 5.60 Å². The summed E-state index contributed by atoms with van der Waals surface area (Å²) < 4.78 is 4.97. The first kappa shape index (κ1) is 14.9. The van der Waals surface area contributed by atoms with E-state index in [2.05, 4.69) is 17.6 Å². The minimum Gasteiger partial charge on any atom is -0.389 e. The molecule has 3 unspecified atom stereocenters. The van der Waals surface area contributed by atoms with Gasteiger partial charge in [-0.15, -0.1) is 0 Å². The predicted molar refractivity (Wildman–Crippen MR) is 70.2 cm³/mol. The third-order valence-electron chi connectivity index (χ3n) is 3.71. The Labute approximate surface area is 105 Å². The minimum absolute atomic E-state index is 0.232. The Hall–Kier alpha value is -0.160. The first-order valence-electron chi connectivity index (χ1n) is 6.71. The van der Waals surface area contributed by atoms with E-state index in [1.54, 1.807) is 7.11 Å². The molecule has 0 bridgehead atoms. The maximum absolute atomic E-state index is 10.5. The molecule has 17 heavy (non-hydrogen) atoms. The van der Waals surface area contributed by atoms with Crippen molar-refractivity contribution in [3.8, 4) is 0 Å². The molecule has 0 aliphatic carbocycles. The first-order chi connectivity index (χ1) is 8.06. The van der Waals surface area contributed by atoms with Gasteiger partial charge in [-0.2, -0.15) is 0 Å². The number of rotatable bonds is 7. The standard InChI is InChI=1S/C13H28N2O2/c1-11-4-6-15-12(10-11)13(2,16)5-7-14-8-9-17-3/h11-12,14-16H,4-10H2,1-3H3. The highest BCUT2D eigenvalue weighted by Crippen LogP contribution is 2.25. The van der Waals surface area contributed by atoms with Crippen molar-refractivity contribution < 1.29 is 9.84 Å². The van der Waals surface area contributed by atoms with Crippen molar-refractivity contribution in [2.75, 3.05) is 33.4 Å². The molecule has 0 saturated carbocycles. The fourth-order valence-electron chi connectivity index (χ4n) is 2.40. The number of nitrogens with one attached hydrogen (secondary N) is 2. The van der Waals surface area contributed by atoms with Crippen LogP contribution in [0.1, 0.15) is 33.1 Å². The van der Waals surface area contributed by atoms with Gasteiger partial charge in [0.15, 0.2) is 0 Å². The van der Waals surface area contributed by atoms with Crippen LogP contribution in [0.25, 0.3) is 0 Å². The van der Waals surface area contributed by atoms with Crippen molar-refractivity contribution in [3.05, 3.63) is 0 Å². The van der Waals surface area contributed by atoms with E-state index in [-0.39, 0.29) is 6.04 Å². The molecular weight excluding hydrogens is 216 g/mol. The molecule has 4 heteroatoms. The van der Waals surface area contributed by atoms with Crippen LogP contribution in [0.5, 0.6) is 0 Å². The summed E-state index contributed by atoms with van der Waals surface area (Å²) in [7, 11) is 1.70. The molecule has 1 aliphatic rings. The average Bonchev–Trinajstić information content (AvgIpc) is 2.29. The molecule has 102 valence electrons. The SMILES string of the molecule is COCCNCCC(C)(O)C1CC(C)CCN1. The molecule has 1 heterocycles. The molecular formula is C13H28N2O2. The van der Waals surface area contributed by atoms with Gasteiger partial charge in [-0.1, -0.05) is 6.92 Å². The highest BCUT2D eigenvalue weighted by atomic mass is 16.5. The Bertz CT molecular complexity index is 210. The van der Waals surface area contributed by atoms with Crippen LogP contribution in [-0.2, 0) is 4.74 Å². The first-order valence-corrected chi connectivity index (χ1v) is 6.71. The summed E-state index contributed by atoms with van der Waals surface area (Å²) in [5, 5.41) is 17.2. The molecule has 4 nitrogen and oxygen atoms in total. The van der Waals surface area contributed by atoms with Gasteiger partial charge in [-0.25, -0.2) is 0 Å². The molecule has 1 aliphatic heterocycles. The highest BCUT2D eigenvalue weighted by Gasteiger charge is 2.33. The number of aliphatic hydroxyl groups is 1. The summed E-state index contributed by atoms with van der Waals surface area (Å²) >= 11 is 0. The third kappa shape index (κ3) is 5.34. The number of piperidine rings is 1. The van der Waals surface area contributed by atoms with Gasteiger partial charge in [0.25, 0.3) is 0 Å². The summed E-state index contributed by atoms with van der Waals surface area (Å²) in [6.45, 7) is 7.64. The summed E-state index contributed by atoms with van der Waals surface area (Å²) in [5.41, 5.74) is -0.616. The third-order valence-corrected chi connectivity index (χ3v) is 3.71. The van der Waals surface area contributed by atoms with Gasteiger partial charge in [0, 0.05) is 19.7 Å². The van der Waals surface area contributed by atoms with Crippen LogP contribution in [0.15, 0.2) is 0 Å². The molecule has 0 spiro atoms. The second-order valence-electron chi connectivity index (χ2n) is 5.49. The van der Waals surface area contributed by atoms with Gasteiger partial charge in [-0.3, -0.25) is 0 Å². The number of hydrogen-bond acceptors (Lipinski definition) is 4. The quantitative estimate of drug-likeness (QED) is 0.579. The van der Waals surface area contributed by atoms with Crippen molar-refractivity contribution in [1.82, 2.24) is 10.6 Å². The highest BCUT2D eigenvalue weighted by molar-refractivity contribution is 4.91. The fraction of sp³-hybridized carbons (Fsp3) is 1.00. The van der Waals surface area contributed by atoms with E-state index in [0.29, 0.717) is 5.92 Å². The van der Waals surface area contributed by atoms with E-state index in [4.69, 9.17) is 4.74 Å². The number of hydrogen-bond donors (Lipinski definition) is 3. The zero-order valence-electron chi connectivity index (χ0n) is 11.5. The van der Waals surface area contributed by atoms with Crippen molar-refractivity contribution in [2.45, 2.75) is 44.8 Å². The minimum atomic E-state index is -0.616. The Morgan fingerprint density at radius 2 is 2.24 bits per heavy atom. The van der Waals surface area contributed by atoms with Crippen LogP contribution >= 0.6 is 0 Å². The van der Waals surface area contributed by atoms with Crippen molar-refractivity contribution in [1.29, 1.82) is 0 Å². The molecule has 1 saturated heterocycles. The normalized spacial score (nSPS) is 28.9. The summed E-state index contributed by atoms with van der Waals surface area (Å²) in [5.74, 6) is 0.717. The molecule has 0 amide bonds. The van der Waals surface area contributed by atoms with E-state index in [1.165, 1.54) is 6.42 Å². The van der Waals surface area contributed by atoms with Gasteiger partial charge in [0.2, 0.25) is 0 Å². The second-order valence-corrected chi connectivity index (χ2v) is 5.49. The lowest BCUT2D eigenvalue weighted by atomic mass is 9.83. The topological polar surface area (TPSA) is 53.5 Å². The maximum atomic E-state index is 10.5. The lowest BCUT2D eigenvalue weighted by Gasteiger charge is -2.38. The Morgan fingerprint density at radius 1 is 1.47 bits per heavy atom. The van der Waals surface area contributed by atoms with Crippen molar-refractivity contribution >= 4 is 0 Å². The van der Waals surface area contributed by atoms with E-state index in [1.807, 2.05) is 6.92 Å². The zero-order valence-corrected chi connectivity index (χ0v) is 11.5.